The van der Waals surface area contributed by atoms with Crippen molar-refractivity contribution in [1.82, 2.24) is 0 Å². The van der Waals surface area contributed by atoms with Crippen LogP contribution < -0.4 is 0 Å². The molecule has 11 heavy (non-hydrogen) atoms. The predicted molar refractivity (Wildman–Crippen MR) is 41.3 cm³/mol. The molecule has 0 aliphatic rings. The zero-order valence-corrected chi connectivity index (χ0v) is 6.15. The fourth-order valence-electron chi connectivity index (χ4n) is 0.724. The maximum atomic E-state index is 13.1. The average molecular weight is 176 g/mol. The minimum atomic E-state index is -2.54. The highest BCUT2D eigenvalue weighted by Crippen LogP contribution is 2.14. The fraction of sp³-hybridized carbons (Fsp3) is 0.125. The maximum absolute atomic E-state index is 13.1. The van der Waals surface area contributed by atoms with E-state index in [4.69, 9.17) is 15.7 Å². The van der Waals surface area contributed by atoms with Crippen molar-refractivity contribution in [3.63, 3.8) is 0 Å². The number of carbonyl (C=O) groups excluding carboxylic acids is 1. The van der Waals surface area contributed by atoms with Crippen LogP contribution >= 0.6 is 11.6 Å². The van der Waals surface area contributed by atoms with Crippen LogP contribution in [0.25, 0.3) is 0 Å². The summed E-state index contributed by atoms with van der Waals surface area (Å²) in [5, 5.41) is -1.10. The van der Waals surface area contributed by atoms with Crippen molar-refractivity contribution in [2.45, 2.75) is 6.85 Å². The summed E-state index contributed by atoms with van der Waals surface area (Å²) < 4.78 is 34.3. The largest absolute Gasteiger partial charge is 0.275 e. The molecule has 0 N–H and O–H groups in total. The Morgan fingerprint density at radius 3 is 2.91 bits per heavy atom. The SMILES string of the molecule is [2H]C([2H])([2H])c1cccc(F)c1C(=O)Cl. The number of hydrogen-bond acceptors (Lipinski definition) is 1. The number of rotatable bonds is 1. The lowest BCUT2D eigenvalue weighted by atomic mass is 10.1. The average Bonchev–Trinajstić information content (AvgIpc) is 2.01. The summed E-state index contributed by atoms with van der Waals surface area (Å²) in [6.45, 7) is -2.54. The van der Waals surface area contributed by atoms with E-state index >= 15 is 0 Å². The molecule has 0 fully saturated rings. The van der Waals surface area contributed by atoms with Gasteiger partial charge in [-0.25, -0.2) is 4.39 Å². The van der Waals surface area contributed by atoms with Gasteiger partial charge in [-0.3, -0.25) is 4.79 Å². The molecule has 0 bridgehead atoms. The molecule has 1 nitrogen and oxygen atoms in total. The number of aryl methyl sites for hydroxylation is 1. The zero-order chi connectivity index (χ0) is 10.9. The molecule has 0 spiro atoms. The second kappa shape index (κ2) is 3.01. The van der Waals surface area contributed by atoms with Crippen LogP contribution in [-0.2, 0) is 0 Å². The van der Waals surface area contributed by atoms with Crippen LogP contribution in [0.4, 0.5) is 4.39 Å². The van der Waals surface area contributed by atoms with E-state index < -0.39 is 23.5 Å². The molecule has 1 aromatic rings. The summed E-state index contributed by atoms with van der Waals surface area (Å²) >= 11 is 5.09. The molecular weight excluding hydrogens is 167 g/mol. The van der Waals surface area contributed by atoms with Gasteiger partial charge in [-0.15, -0.1) is 0 Å². The van der Waals surface area contributed by atoms with Crippen LogP contribution in [0.2, 0.25) is 0 Å². The maximum Gasteiger partial charge on any atom is 0.255 e. The van der Waals surface area contributed by atoms with Crippen molar-refractivity contribution in [2.75, 3.05) is 0 Å². The molecule has 0 unspecified atom stereocenters. The van der Waals surface area contributed by atoms with Crippen molar-refractivity contribution in [2.24, 2.45) is 0 Å². The Kier molecular flexibility index (Phi) is 1.34. The molecule has 1 aromatic carbocycles. The molecule has 0 atom stereocenters. The molecule has 0 amide bonds. The summed E-state index contributed by atoms with van der Waals surface area (Å²) in [6, 6.07) is 3.37. The van der Waals surface area contributed by atoms with Gasteiger partial charge >= 0.3 is 0 Å². The van der Waals surface area contributed by atoms with E-state index in [1.165, 1.54) is 6.07 Å². The van der Waals surface area contributed by atoms with E-state index in [0.717, 1.165) is 12.1 Å². The first-order chi connectivity index (χ1) is 6.34. The third-order valence-corrected chi connectivity index (χ3v) is 1.40. The lowest BCUT2D eigenvalue weighted by Gasteiger charge is -1.99. The van der Waals surface area contributed by atoms with Crippen LogP contribution in [0.3, 0.4) is 0 Å². The Morgan fingerprint density at radius 1 is 1.73 bits per heavy atom. The Bertz CT molecular complexity index is 375. The van der Waals surface area contributed by atoms with Gasteiger partial charge in [0.05, 0.1) is 5.56 Å². The van der Waals surface area contributed by atoms with E-state index in [0.29, 0.717) is 0 Å². The first kappa shape index (κ1) is 4.88. The molecule has 58 valence electrons. The van der Waals surface area contributed by atoms with Crippen LogP contribution in [0.15, 0.2) is 18.2 Å². The Hall–Kier alpha value is -0.890. The Labute approximate surface area is 73.0 Å². The van der Waals surface area contributed by atoms with Gasteiger partial charge in [0.15, 0.2) is 0 Å². The standard InChI is InChI=1S/C8H6ClFO/c1-5-3-2-4-6(10)7(5)8(9)11/h2-4H,1H3/i1D3. The van der Waals surface area contributed by atoms with Crippen molar-refractivity contribution in [3.05, 3.63) is 35.1 Å². The molecular formula is C8H6ClFO. The van der Waals surface area contributed by atoms with E-state index in [1.54, 1.807) is 0 Å². The molecule has 0 saturated carbocycles. The van der Waals surface area contributed by atoms with Crippen molar-refractivity contribution < 1.29 is 13.3 Å². The summed E-state index contributed by atoms with van der Waals surface area (Å²) in [4.78, 5) is 10.8. The van der Waals surface area contributed by atoms with Gasteiger partial charge < -0.3 is 0 Å². The molecule has 3 heteroatoms. The van der Waals surface area contributed by atoms with E-state index in [2.05, 4.69) is 0 Å². The van der Waals surface area contributed by atoms with Crippen LogP contribution in [0.5, 0.6) is 0 Å². The van der Waals surface area contributed by atoms with E-state index in [1.807, 2.05) is 0 Å². The van der Waals surface area contributed by atoms with Gasteiger partial charge in [-0.1, -0.05) is 12.1 Å². The highest BCUT2D eigenvalue weighted by atomic mass is 35.5. The molecule has 1 rings (SSSR count). The summed E-state index contributed by atoms with van der Waals surface area (Å²) in [5.41, 5.74) is -0.938. The molecule has 0 aliphatic heterocycles. The highest BCUT2D eigenvalue weighted by Gasteiger charge is 2.10. The zero-order valence-electron chi connectivity index (χ0n) is 8.40. The minimum Gasteiger partial charge on any atom is -0.275 e. The lowest BCUT2D eigenvalue weighted by molar-refractivity contribution is 0.107. The normalized spacial score (nSPS) is 14.9. The second-order valence-corrected chi connectivity index (χ2v) is 2.28. The predicted octanol–water partition coefficient (Wildman–Crippen LogP) is 2.51. The van der Waals surface area contributed by atoms with E-state index in [9.17, 15) is 9.18 Å². The minimum absolute atomic E-state index is 0.363. The Morgan fingerprint density at radius 2 is 2.45 bits per heavy atom. The van der Waals surface area contributed by atoms with Gasteiger partial charge in [0.1, 0.15) is 5.82 Å². The number of benzene rings is 1. The van der Waals surface area contributed by atoms with Crippen molar-refractivity contribution >= 4 is 16.8 Å². The number of halogens is 2. The van der Waals surface area contributed by atoms with Gasteiger partial charge in [0, 0.05) is 4.11 Å². The Balaban J connectivity index is 3.44. The number of carbonyl (C=O) groups is 1. The van der Waals surface area contributed by atoms with Gasteiger partial charge in [-0.2, -0.15) is 0 Å². The molecule has 0 radical (unpaired) electrons. The summed E-state index contributed by atoms with van der Waals surface area (Å²) in [6.07, 6.45) is 0. The first-order valence-corrected chi connectivity index (χ1v) is 3.20. The monoisotopic (exact) mass is 175 g/mol. The molecule has 0 aromatic heterocycles. The van der Waals surface area contributed by atoms with Crippen LogP contribution in [0.1, 0.15) is 20.0 Å². The van der Waals surface area contributed by atoms with Crippen molar-refractivity contribution in [1.29, 1.82) is 0 Å². The third-order valence-electron chi connectivity index (χ3n) is 1.21. The molecule has 0 saturated heterocycles. The lowest BCUT2D eigenvalue weighted by Crippen LogP contribution is -1.97. The molecule has 0 heterocycles. The van der Waals surface area contributed by atoms with Gasteiger partial charge in [0.2, 0.25) is 0 Å². The third kappa shape index (κ3) is 1.57. The van der Waals surface area contributed by atoms with Crippen molar-refractivity contribution in [3.8, 4) is 0 Å². The van der Waals surface area contributed by atoms with Crippen LogP contribution in [0, 0.1) is 12.7 Å². The van der Waals surface area contributed by atoms with Gasteiger partial charge in [0.25, 0.3) is 5.24 Å². The summed E-state index contributed by atoms with van der Waals surface area (Å²) in [5.74, 6) is -0.918. The topological polar surface area (TPSA) is 17.1 Å². The number of hydrogen-bond donors (Lipinski definition) is 0. The molecule has 0 aliphatic carbocycles. The quantitative estimate of drug-likeness (QED) is 0.600. The highest BCUT2D eigenvalue weighted by molar-refractivity contribution is 6.67. The summed E-state index contributed by atoms with van der Waals surface area (Å²) in [7, 11) is 0. The second-order valence-electron chi connectivity index (χ2n) is 1.94. The first-order valence-electron chi connectivity index (χ1n) is 4.33. The fourth-order valence-corrected chi connectivity index (χ4v) is 0.916. The van der Waals surface area contributed by atoms with E-state index in [-0.39, 0.29) is 5.56 Å². The smallest absolute Gasteiger partial charge is 0.255 e. The van der Waals surface area contributed by atoms with Gasteiger partial charge in [-0.05, 0) is 30.1 Å². The van der Waals surface area contributed by atoms with Crippen LogP contribution in [-0.4, -0.2) is 5.24 Å².